The lowest BCUT2D eigenvalue weighted by molar-refractivity contribution is 0.419. The van der Waals surface area contributed by atoms with E-state index in [0.717, 1.165) is 10.9 Å². The van der Waals surface area contributed by atoms with E-state index in [4.69, 9.17) is 21.6 Å². The Labute approximate surface area is 98.2 Å². The topological polar surface area (TPSA) is 45.9 Å². The zero-order valence-corrected chi connectivity index (χ0v) is 9.67. The van der Waals surface area contributed by atoms with Crippen LogP contribution in [0.5, 0.6) is 5.75 Å². The van der Waals surface area contributed by atoms with E-state index in [1.807, 2.05) is 25.1 Å². The van der Waals surface area contributed by atoms with Crippen molar-refractivity contribution in [1.82, 2.24) is 4.98 Å². The van der Waals surface area contributed by atoms with E-state index < -0.39 is 0 Å². The molecule has 2 aromatic rings. The predicted molar refractivity (Wildman–Crippen MR) is 62.8 cm³/mol. The summed E-state index contributed by atoms with van der Waals surface area (Å²) < 4.78 is 5.21. The summed E-state index contributed by atoms with van der Waals surface area (Å²) in [5.74, 6) is 0.659. The maximum Gasteiger partial charge on any atom is 0.147 e. The van der Waals surface area contributed by atoms with Gasteiger partial charge in [-0.15, -0.1) is 0 Å². The van der Waals surface area contributed by atoms with Crippen LogP contribution in [0.2, 0.25) is 5.15 Å². The van der Waals surface area contributed by atoms with Crippen LogP contribution in [0.1, 0.15) is 11.1 Å². The number of aryl methyl sites for hydroxylation is 1. The van der Waals surface area contributed by atoms with Gasteiger partial charge < -0.3 is 4.74 Å². The standard InChI is InChI=1S/C12H9ClN2O/c1-7-8-4-3-5-10(16-2)11(8)15-12(13)9(7)6-14/h3-5H,1-2H3. The lowest BCUT2D eigenvalue weighted by Gasteiger charge is -2.08. The van der Waals surface area contributed by atoms with Gasteiger partial charge in [-0.3, -0.25) is 0 Å². The van der Waals surface area contributed by atoms with E-state index in [1.54, 1.807) is 7.11 Å². The van der Waals surface area contributed by atoms with Crippen molar-refractivity contribution in [2.75, 3.05) is 7.11 Å². The zero-order chi connectivity index (χ0) is 11.7. The Bertz CT molecular complexity index is 602. The van der Waals surface area contributed by atoms with Crippen molar-refractivity contribution < 1.29 is 4.74 Å². The number of aromatic nitrogens is 1. The normalized spacial score (nSPS) is 10.1. The van der Waals surface area contributed by atoms with Gasteiger partial charge in [-0.2, -0.15) is 5.26 Å². The second kappa shape index (κ2) is 3.99. The van der Waals surface area contributed by atoms with Gasteiger partial charge in [0.25, 0.3) is 0 Å². The lowest BCUT2D eigenvalue weighted by atomic mass is 10.1. The Kier molecular flexibility index (Phi) is 2.67. The first kappa shape index (κ1) is 10.7. The molecule has 80 valence electrons. The molecular formula is C12H9ClN2O. The molecule has 0 bridgehead atoms. The highest BCUT2D eigenvalue weighted by Gasteiger charge is 2.12. The summed E-state index contributed by atoms with van der Waals surface area (Å²) in [6, 6.07) is 7.64. The molecule has 0 unspecified atom stereocenters. The Morgan fingerprint density at radius 3 is 2.81 bits per heavy atom. The molecule has 1 aromatic heterocycles. The summed E-state index contributed by atoms with van der Waals surface area (Å²) in [4.78, 5) is 4.20. The van der Waals surface area contributed by atoms with Crippen molar-refractivity contribution in [3.05, 3.63) is 34.5 Å². The fourth-order valence-electron chi connectivity index (χ4n) is 1.68. The van der Waals surface area contributed by atoms with Crippen molar-refractivity contribution in [3.63, 3.8) is 0 Å². The van der Waals surface area contributed by atoms with E-state index in [-0.39, 0.29) is 5.15 Å². The van der Waals surface area contributed by atoms with Gasteiger partial charge in [0.1, 0.15) is 22.5 Å². The van der Waals surface area contributed by atoms with Gasteiger partial charge >= 0.3 is 0 Å². The van der Waals surface area contributed by atoms with Crippen molar-refractivity contribution >= 4 is 22.5 Å². The molecule has 1 aromatic carbocycles. The van der Waals surface area contributed by atoms with Gasteiger partial charge in [-0.05, 0) is 18.6 Å². The van der Waals surface area contributed by atoms with Crippen molar-refractivity contribution in [1.29, 1.82) is 5.26 Å². The molecule has 0 amide bonds. The second-order valence-electron chi connectivity index (χ2n) is 3.37. The first-order valence-corrected chi connectivity index (χ1v) is 5.09. The molecule has 16 heavy (non-hydrogen) atoms. The van der Waals surface area contributed by atoms with Crippen molar-refractivity contribution in [2.24, 2.45) is 0 Å². The van der Waals surface area contributed by atoms with Crippen LogP contribution in [0, 0.1) is 18.3 Å². The van der Waals surface area contributed by atoms with Crippen molar-refractivity contribution in [2.45, 2.75) is 6.92 Å². The van der Waals surface area contributed by atoms with Gasteiger partial charge in [0.2, 0.25) is 0 Å². The molecule has 0 saturated carbocycles. The average Bonchev–Trinajstić information content (AvgIpc) is 2.29. The van der Waals surface area contributed by atoms with Crippen LogP contribution in [-0.2, 0) is 0 Å². The monoisotopic (exact) mass is 232 g/mol. The summed E-state index contributed by atoms with van der Waals surface area (Å²) >= 11 is 5.95. The van der Waals surface area contributed by atoms with Gasteiger partial charge in [0.15, 0.2) is 0 Å². The van der Waals surface area contributed by atoms with Gasteiger partial charge in [0.05, 0.1) is 12.7 Å². The molecular weight excluding hydrogens is 224 g/mol. The number of methoxy groups -OCH3 is 1. The number of rotatable bonds is 1. The van der Waals surface area contributed by atoms with E-state index in [1.165, 1.54) is 0 Å². The minimum absolute atomic E-state index is 0.219. The van der Waals surface area contributed by atoms with Crippen LogP contribution < -0.4 is 4.74 Å². The van der Waals surface area contributed by atoms with Gasteiger partial charge in [-0.1, -0.05) is 23.7 Å². The zero-order valence-electron chi connectivity index (χ0n) is 8.91. The number of hydrogen-bond donors (Lipinski definition) is 0. The first-order chi connectivity index (χ1) is 7.69. The first-order valence-electron chi connectivity index (χ1n) is 4.72. The number of fused-ring (bicyclic) bond motifs is 1. The summed E-state index contributed by atoms with van der Waals surface area (Å²) in [7, 11) is 1.58. The van der Waals surface area contributed by atoms with Crippen LogP contribution in [0.4, 0.5) is 0 Å². The molecule has 0 aliphatic carbocycles. The summed E-state index contributed by atoms with van der Waals surface area (Å²) in [6.07, 6.45) is 0. The predicted octanol–water partition coefficient (Wildman–Crippen LogP) is 3.08. The molecule has 3 nitrogen and oxygen atoms in total. The van der Waals surface area contributed by atoms with Crippen molar-refractivity contribution in [3.8, 4) is 11.8 Å². The van der Waals surface area contributed by atoms with Gasteiger partial charge in [0, 0.05) is 5.39 Å². The molecule has 0 radical (unpaired) electrons. The molecule has 0 saturated heterocycles. The average molecular weight is 233 g/mol. The van der Waals surface area contributed by atoms with Gasteiger partial charge in [-0.25, -0.2) is 4.98 Å². The Morgan fingerprint density at radius 1 is 1.44 bits per heavy atom. The highest BCUT2D eigenvalue weighted by molar-refractivity contribution is 6.31. The smallest absolute Gasteiger partial charge is 0.147 e. The third kappa shape index (κ3) is 1.48. The van der Waals surface area contributed by atoms with E-state index in [0.29, 0.717) is 16.8 Å². The summed E-state index contributed by atoms with van der Waals surface area (Å²) in [6.45, 7) is 1.86. The number of halogens is 1. The third-order valence-corrected chi connectivity index (χ3v) is 2.80. The SMILES string of the molecule is COc1cccc2c(C)c(C#N)c(Cl)nc12. The van der Waals surface area contributed by atoms with Crippen LogP contribution in [0.25, 0.3) is 10.9 Å². The molecule has 0 atom stereocenters. The maximum absolute atomic E-state index is 8.98. The van der Waals surface area contributed by atoms with Crippen LogP contribution >= 0.6 is 11.6 Å². The maximum atomic E-state index is 8.98. The highest BCUT2D eigenvalue weighted by atomic mass is 35.5. The van der Waals surface area contributed by atoms with E-state index >= 15 is 0 Å². The molecule has 4 heteroatoms. The number of benzene rings is 1. The minimum Gasteiger partial charge on any atom is -0.494 e. The Balaban J connectivity index is 2.93. The molecule has 0 N–H and O–H groups in total. The molecule has 0 aliphatic rings. The van der Waals surface area contributed by atoms with Crippen LogP contribution in [-0.4, -0.2) is 12.1 Å². The molecule has 0 fully saturated rings. The lowest BCUT2D eigenvalue weighted by Crippen LogP contribution is -1.94. The third-order valence-electron chi connectivity index (χ3n) is 2.53. The van der Waals surface area contributed by atoms with Crippen LogP contribution in [0.3, 0.4) is 0 Å². The number of ether oxygens (including phenoxy) is 1. The van der Waals surface area contributed by atoms with Crippen LogP contribution in [0.15, 0.2) is 18.2 Å². The molecule has 1 heterocycles. The quantitative estimate of drug-likeness (QED) is 0.710. The summed E-state index contributed by atoms with van der Waals surface area (Å²) in [5.41, 5.74) is 1.94. The fourth-order valence-corrected chi connectivity index (χ4v) is 1.95. The Morgan fingerprint density at radius 2 is 2.19 bits per heavy atom. The second-order valence-corrected chi connectivity index (χ2v) is 3.73. The number of para-hydroxylation sites is 1. The summed E-state index contributed by atoms with van der Waals surface area (Å²) in [5, 5.41) is 10.1. The number of nitriles is 1. The molecule has 0 spiro atoms. The minimum atomic E-state index is 0.219. The number of nitrogens with zero attached hydrogens (tertiary/aromatic N) is 2. The molecule has 2 rings (SSSR count). The molecule has 0 aliphatic heterocycles. The highest BCUT2D eigenvalue weighted by Crippen LogP contribution is 2.30. The number of hydrogen-bond acceptors (Lipinski definition) is 3. The fraction of sp³-hybridized carbons (Fsp3) is 0.167. The largest absolute Gasteiger partial charge is 0.494 e. The number of pyridine rings is 1. The van der Waals surface area contributed by atoms with E-state index in [2.05, 4.69) is 11.1 Å². The Hall–Kier alpha value is -1.79. The van der Waals surface area contributed by atoms with E-state index in [9.17, 15) is 0 Å².